The van der Waals surface area contributed by atoms with E-state index in [-0.39, 0.29) is 5.91 Å². The van der Waals surface area contributed by atoms with Crippen LogP contribution in [0.3, 0.4) is 0 Å². The standard InChI is InChI=1S/C8H8N3O/c1-9-11-10-8(12)7-5-3-2-4-6-7/h2-6H,1H3/q+1. The molecule has 1 aromatic carbocycles. The number of carbonyl (C=O) groups excluding carboxylic acids is 1. The van der Waals surface area contributed by atoms with Gasteiger partial charge >= 0.3 is 5.91 Å². The molecule has 1 rings (SSSR count). The van der Waals surface area contributed by atoms with Crippen LogP contribution in [0.5, 0.6) is 0 Å². The number of carbonyl (C=O) groups is 1. The molecule has 12 heavy (non-hydrogen) atoms. The minimum atomic E-state index is -0.374. The number of hydrogen-bond donors (Lipinski definition) is 0. The first-order valence-electron chi connectivity index (χ1n) is 3.44. The molecule has 0 N–H and O–H groups in total. The Morgan fingerprint density at radius 1 is 1.33 bits per heavy atom. The van der Waals surface area contributed by atoms with E-state index in [1.807, 2.05) is 6.07 Å². The van der Waals surface area contributed by atoms with Crippen LogP contribution in [-0.4, -0.2) is 13.0 Å². The van der Waals surface area contributed by atoms with Crippen molar-refractivity contribution in [3.05, 3.63) is 35.9 Å². The van der Waals surface area contributed by atoms with Crippen molar-refractivity contribution < 1.29 is 4.79 Å². The maximum absolute atomic E-state index is 11.1. The zero-order chi connectivity index (χ0) is 8.81. The lowest BCUT2D eigenvalue weighted by atomic mass is 10.2. The van der Waals surface area contributed by atoms with Crippen molar-refractivity contribution in [3.8, 4) is 0 Å². The van der Waals surface area contributed by atoms with Crippen LogP contribution in [0.4, 0.5) is 0 Å². The SMILES string of the molecule is CN=[N+]=NC(=O)c1ccccc1. The van der Waals surface area contributed by atoms with Crippen molar-refractivity contribution in [2.45, 2.75) is 0 Å². The second kappa shape index (κ2) is 4.16. The quantitative estimate of drug-likeness (QED) is 0.455. The Balaban J connectivity index is 2.87. The summed E-state index contributed by atoms with van der Waals surface area (Å²) >= 11 is 0. The van der Waals surface area contributed by atoms with Crippen LogP contribution in [0.1, 0.15) is 10.4 Å². The molecule has 0 atom stereocenters. The summed E-state index contributed by atoms with van der Waals surface area (Å²) in [6, 6.07) is 8.73. The van der Waals surface area contributed by atoms with Crippen molar-refractivity contribution in [1.29, 1.82) is 0 Å². The highest BCUT2D eigenvalue weighted by Gasteiger charge is 2.07. The Morgan fingerprint density at radius 3 is 2.58 bits per heavy atom. The van der Waals surface area contributed by atoms with Crippen LogP contribution in [-0.2, 0) is 0 Å². The molecule has 60 valence electrons. The summed E-state index contributed by atoms with van der Waals surface area (Å²) in [5.74, 6) is -0.374. The Hall–Kier alpha value is -1.80. The third-order valence-electron chi connectivity index (χ3n) is 1.25. The predicted molar refractivity (Wildman–Crippen MR) is 43.7 cm³/mol. The van der Waals surface area contributed by atoms with Gasteiger partial charge in [-0.2, -0.15) is 0 Å². The van der Waals surface area contributed by atoms with Gasteiger partial charge in [0.25, 0.3) is 0 Å². The van der Waals surface area contributed by atoms with Crippen LogP contribution < -0.4 is 4.91 Å². The topological polar surface area (TPSA) is 55.9 Å². The molecule has 0 aromatic heterocycles. The van der Waals surface area contributed by atoms with Crippen molar-refractivity contribution in [3.63, 3.8) is 0 Å². The molecule has 0 saturated heterocycles. The van der Waals surface area contributed by atoms with Crippen molar-refractivity contribution in [2.24, 2.45) is 10.2 Å². The van der Waals surface area contributed by atoms with Gasteiger partial charge in [-0.1, -0.05) is 18.2 Å². The lowest BCUT2D eigenvalue weighted by Crippen LogP contribution is -1.93. The Morgan fingerprint density at radius 2 is 2.00 bits per heavy atom. The van der Waals surface area contributed by atoms with Gasteiger partial charge in [-0.3, -0.25) is 4.79 Å². The van der Waals surface area contributed by atoms with Crippen LogP contribution >= 0.6 is 0 Å². The summed E-state index contributed by atoms with van der Waals surface area (Å²) in [7, 11) is 1.46. The average molecular weight is 162 g/mol. The van der Waals surface area contributed by atoms with Crippen LogP contribution in [0.25, 0.3) is 0 Å². The van der Waals surface area contributed by atoms with Crippen molar-refractivity contribution >= 4 is 5.91 Å². The first-order valence-corrected chi connectivity index (χ1v) is 3.44. The van der Waals surface area contributed by atoms with Crippen LogP contribution in [0, 0.1) is 0 Å². The fraction of sp³-hybridized carbons (Fsp3) is 0.125. The van der Waals surface area contributed by atoms with E-state index >= 15 is 0 Å². The predicted octanol–water partition coefficient (Wildman–Crippen LogP) is 1.43. The molecule has 0 aliphatic carbocycles. The maximum Gasteiger partial charge on any atom is 0.360 e. The summed E-state index contributed by atoms with van der Waals surface area (Å²) in [5, 5.41) is 6.67. The molecule has 0 aliphatic heterocycles. The van der Waals surface area contributed by atoms with Gasteiger partial charge in [0.05, 0.1) is 0 Å². The summed E-state index contributed by atoms with van der Waals surface area (Å²) in [5.41, 5.74) is 0.518. The van der Waals surface area contributed by atoms with Crippen LogP contribution in [0.15, 0.2) is 40.6 Å². The fourth-order valence-electron chi connectivity index (χ4n) is 0.724. The zero-order valence-electron chi connectivity index (χ0n) is 6.64. The molecule has 0 radical (unpaired) electrons. The second-order valence-electron chi connectivity index (χ2n) is 2.06. The Kier molecular flexibility index (Phi) is 2.87. The third-order valence-corrected chi connectivity index (χ3v) is 1.25. The highest BCUT2D eigenvalue weighted by atomic mass is 16.1. The van der Waals surface area contributed by atoms with Crippen molar-refractivity contribution in [1.82, 2.24) is 4.91 Å². The molecular formula is C8H8N3O+. The van der Waals surface area contributed by atoms with Gasteiger partial charge in [0.2, 0.25) is 10.0 Å². The minimum Gasteiger partial charge on any atom is -0.259 e. The molecule has 0 bridgehead atoms. The molecule has 4 heteroatoms. The van der Waals surface area contributed by atoms with Gasteiger partial charge in [0.15, 0.2) is 0 Å². The second-order valence-corrected chi connectivity index (χ2v) is 2.06. The molecule has 1 aromatic rings. The summed E-state index contributed by atoms with van der Waals surface area (Å²) in [4.78, 5) is 14.3. The van der Waals surface area contributed by atoms with E-state index in [4.69, 9.17) is 0 Å². The summed E-state index contributed by atoms with van der Waals surface area (Å²) in [6.07, 6.45) is 0. The van der Waals surface area contributed by atoms with E-state index in [1.165, 1.54) is 7.05 Å². The number of rotatable bonds is 1. The zero-order valence-corrected chi connectivity index (χ0v) is 6.64. The van der Waals surface area contributed by atoms with E-state index in [9.17, 15) is 4.79 Å². The highest BCUT2D eigenvalue weighted by Crippen LogP contribution is 1.99. The normalized spacial score (nSPS) is 8.42. The van der Waals surface area contributed by atoms with Crippen LogP contribution in [0.2, 0.25) is 0 Å². The van der Waals surface area contributed by atoms with Gasteiger partial charge < -0.3 is 0 Å². The Labute approximate surface area is 69.7 Å². The molecule has 0 aliphatic rings. The van der Waals surface area contributed by atoms with Gasteiger partial charge in [-0.25, -0.2) is 0 Å². The average Bonchev–Trinajstić information content (AvgIpc) is 2.15. The number of nitrogens with zero attached hydrogens (tertiary/aromatic N) is 3. The van der Waals surface area contributed by atoms with E-state index < -0.39 is 0 Å². The minimum absolute atomic E-state index is 0.374. The molecule has 0 heterocycles. The molecule has 4 nitrogen and oxygen atoms in total. The van der Waals surface area contributed by atoms with Gasteiger partial charge in [-0.15, -0.1) is 0 Å². The van der Waals surface area contributed by atoms with E-state index in [0.717, 1.165) is 0 Å². The van der Waals surface area contributed by atoms with Gasteiger partial charge in [0, 0.05) is 5.56 Å². The van der Waals surface area contributed by atoms with Crippen molar-refractivity contribution in [2.75, 3.05) is 7.05 Å². The lowest BCUT2D eigenvalue weighted by Gasteiger charge is -1.85. The van der Waals surface area contributed by atoms with E-state index in [1.54, 1.807) is 24.3 Å². The third kappa shape index (κ3) is 2.11. The first-order chi connectivity index (χ1) is 5.84. The molecule has 0 unspecified atom stereocenters. The maximum atomic E-state index is 11.1. The largest absolute Gasteiger partial charge is 0.360 e. The first kappa shape index (κ1) is 8.30. The molecule has 0 spiro atoms. The number of benzene rings is 1. The monoisotopic (exact) mass is 162 g/mol. The van der Waals surface area contributed by atoms with Gasteiger partial charge in [-0.05, 0) is 12.1 Å². The van der Waals surface area contributed by atoms with E-state index in [0.29, 0.717) is 5.56 Å². The lowest BCUT2D eigenvalue weighted by molar-refractivity contribution is 0.0992. The highest BCUT2D eigenvalue weighted by molar-refractivity contribution is 5.94. The number of hydrogen-bond acceptors (Lipinski definition) is 2. The van der Waals surface area contributed by atoms with E-state index in [2.05, 4.69) is 15.1 Å². The molecular weight excluding hydrogens is 154 g/mol. The summed E-state index contributed by atoms with van der Waals surface area (Å²) < 4.78 is 0. The molecule has 0 fully saturated rings. The van der Waals surface area contributed by atoms with Gasteiger partial charge in [0.1, 0.15) is 12.2 Å². The summed E-state index contributed by atoms with van der Waals surface area (Å²) in [6.45, 7) is 0. The molecule has 0 saturated carbocycles. The number of amides is 1. The fourth-order valence-corrected chi connectivity index (χ4v) is 0.724. The Bertz CT molecular complexity index is 325. The molecule has 1 amide bonds. The smallest absolute Gasteiger partial charge is 0.259 e.